The zero-order valence-electron chi connectivity index (χ0n) is 16.3. The number of imidazole rings is 1. The van der Waals surface area contributed by atoms with Gasteiger partial charge in [0.2, 0.25) is 5.91 Å². The minimum atomic E-state index is -0.103. The number of aromatic nitrogens is 3. The van der Waals surface area contributed by atoms with Crippen molar-refractivity contribution < 1.29 is 9.53 Å². The molecule has 0 aliphatic carbocycles. The van der Waals surface area contributed by atoms with E-state index in [4.69, 9.17) is 4.74 Å². The fraction of sp³-hybridized carbons (Fsp3) is 0.0870. The van der Waals surface area contributed by atoms with Gasteiger partial charge in [0.1, 0.15) is 11.5 Å². The number of aryl methyl sites for hydroxylation is 1. The number of pyridine rings is 1. The van der Waals surface area contributed by atoms with E-state index in [9.17, 15) is 4.79 Å². The van der Waals surface area contributed by atoms with Crippen LogP contribution in [0.5, 0.6) is 11.5 Å². The lowest BCUT2D eigenvalue weighted by Gasteiger charge is -2.07. The highest BCUT2D eigenvalue weighted by Gasteiger charge is 2.11. The Balaban J connectivity index is 1.31. The van der Waals surface area contributed by atoms with Crippen LogP contribution in [0, 0.1) is 6.92 Å². The molecule has 0 saturated carbocycles. The molecule has 0 spiro atoms. The first-order chi connectivity index (χ1) is 14.7. The summed E-state index contributed by atoms with van der Waals surface area (Å²) in [4.78, 5) is 24.2. The van der Waals surface area contributed by atoms with Crippen LogP contribution in [-0.2, 0) is 4.79 Å². The Bertz CT molecular complexity index is 1110. The van der Waals surface area contributed by atoms with Gasteiger partial charge in [-0.15, -0.1) is 0 Å². The minimum Gasteiger partial charge on any atom is -0.457 e. The molecule has 2 aromatic carbocycles. The summed E-state index contributed by atoms with van der Waals surface area (Å²) >= 11 is 1.36. The average Bonchev–Trinajstić information content (AvgIpc) is 3.16. The number of carbonyl (C=O) groups is 1. The molecule has 0 bridgehead atoms. The third-order valence-corrected chi connectivity index (χ3v) is 5.13. The van der Waals surface area contributed by atoms with E-state index in [1.54, 1.807) is 12.4 Å². The van der Waals surface area contributed by atoms with E-state index in [0.29, 0.717) is 16.6 Å². The molecular formula is C23H20N4O2S. The summed E-state index contributed by atoms with van der Waals surface area (Å²) < 4.78 is 5.76. The highest BCUT2D eigenvalue weighted by Crippen LogP contribution is 2.25. The van der Waals surface area contributed by atoms with Crippen molar-refractivity contribution in [3.8, 4) is 22.8 Å². The molecule has 0 aliphatic rings. The molecule has 1 amide bonds. The smallest absolute Gasteiger partial charge is 0.234 e. The number of benzene rings is 2. The Morgan fingerprint density at radius 1 is 1.03 bits per heavy atom. The molecule has 0 aliphatic heterocycles. The molecule has 2 heterocycles. The highest BCUT2D eigenvalue weighted by atomic mass is 32.2. The maximum atomic E-state index is 12.3. The van der Waals surface area contributed by atoms with Crippen molar-refractivity contribution in [2.45, 2.75) is 12.1 Å². The second-order valence-corrected chi connectivity index (χ2v) is 7.50. The van der Waals surface area contributed by atoms with Crippen molar-refractivity contribution in [3.05, 3.63) is 84.8 Å². The quantitative estimate of drug-likeness (QED) is 0.400. The first kappa shape index (κ1) is 19.7. The Labute approximate surface area is 178 Å². The lowest BCUT2D eigenvalue weighted by atomic mass is 10.2. The number of thioether (sulfide) groups is 1. The van der Waals surface area contributed by atoms with Gasteiger partial charge in [0.25, 0.3) is 0 Å². The molecule has 6 nitrogen and oxygen atoms in total. The summed E-state index contributed by atoms with van der Waals surface area (Å²) in [6.45, 7) is 1.96. The number of hydrogen-bond acceptors (Lipinski definition) is 5. The van der Waals surface area contributed by atoms with Crippen LogP contribution in [0.15, 0.2) is 84.3 Å². The zero-order valence-corrected chi connectivity index (χ0v) is 17.1. The van der Waals surface area contributed by atoms with Gasteiger partial charge in [-0.05, 0) is 55.5 Å². The average molecular weight is 417 g/mol. The van der Waals surface area contributed by atoms with Crippen LogP contribution in [0.2, 0.25) is 0 Å². The standard InChI is InChI=1S/C23H20N4O2S/c1-16-22(17-6-5-13-24-14-17)27-23(25-16)30-15-21(28)26-18-9-11-20(12-10-18)29-19-7-3-2-4-8-19/h2-14H,15H2,1H3,(H,25,27)(H,26,28). The lowest BCUT2D eigenvalue weighted by molar-refractivity contribution is -0.113. The molecule has 2 N–H and O–H groups in total. The predicted octanol–water partition coefficient (Wildman–Crippen LogP) is 5.30. The Morgan fingerprint density at radius 2 is 1.80 bits per heavy atom. The van der Waals surface area contributed by atoms with Gasteiger partial charge in [-0.2, -0.15) is 0 Å². The van der Waals surface area contributed by atoms with Gasteiger partial charge in [0, 0.05) is 29.3 Å². The third-order valence-electron chi connectivity index (χ3n) is 4.25. The van der Waals surface area contributed by atoms with Crippen LogP contribution in [0.3, 0.4) is 0 Å². The highest BCUT2D eigenvalue weighted by molar-refractivity contribution is 7.99. The second-order valence-electron chi connectivity index (χ2n) is 6.53. The van der Waals surface area contributed by atoms with Crippen molar-refractivity contribution in [2.75, 3.05) is 11.1 Å². The first-order valence-corrected chi connectivity index (χ1v) is 10.4. The minimum absolute atomic E-state index is 0.103. The fourth-order valence-corrected chi connectivity index (χ4v) is 3.57. The van der Waals surface area contributed by atoms with E-state index < -0.39 is 0 Å². The topological polar surface area (TPSA) is 79.9 Å². The monoisotopic (exact) mass is 416 g/mol. The number of rotatable bonds is 7. The normalized spacial score (nSPS) is 10.6. The molecule has 0 atom stereocenters. The maximum absolute atomic E-state index is 12.3. The van der Waals surface area contributed by atoms with E-state index >= 15 is 0 Å². The predicted molar refractivity (Wildman–Crippen MR) is 119 cm³/mol. The van der Waals surface area contributed by atoms with Gasteiger partial charge in [-0.1, -0.05) is 30.0 Å². The maximum Gasteiger partial charge on any atom is 0.234 e. The largest absolute Gasteiger partial charge is 0.457 e. The molecule has 0 saturated heterocycles. The van der Waals surface area contributed by atoms with E-state index in [0.717, 1.165) is 22.7 Å². The number of aromatic amines is 1. The van der Waals surface area contributed by atoms with Gasteiger partial charge in [0.15, 0.2) is 5.16 Å². The van der Waals surface area contributed by atoms with E-state index in [-0.39, 0.29) is 11.7 Å². The van der Waals surface area contributed by atoms with E-state index in [1.165, 1.54) is 11.8 Å². The summed E-state index contributed by atoms with van der Waals surface area (Å²) in [6, 6.07) is 20.7. The number of hydrogen-bond donors (Lipinski definition) is 2. The Kier molecular flexibility index (Phi) is 6.10. The van der Waals surface area contributed by atoms with Gasteiger partial charge >= 0.3 is 0 Å². The Morgan fingerprint density at radius 3 is 2.53 bits per heavy atom. The molecule has 0 radical (unpaired) electrons. The second kappa shape index (κ2) is 9.28. The number of nitrogens with zero attached hydrogens (tertiary/aromatic N) is 2. The fourth-order valence-electron chi connectivity index (χ4n) is 2.85. The SMILES string of the molecule is Cc1[nH]c(SCC(=O)Nc2ccc(Oc3ccccc3)cc2)nc1-c1cccnc1. The number of ether oxygens (including phenoxy) is 1. The molecule has 0 fully saturated rings. The molecule has 30 heavy (non-hydrogen) atoms. The van der Waals surface area contributed by atoms with Crippen molar-refractivity contribution >= 4 is 23.4 Å². The molecule has 4 aromatic rings. The molecule has 2 aromatic heterocycles. The van der Waals surface area contributed by atoms with Crippen LogP contribution in [0.1, 0.15) is 5.69 Å². The number of nitrogens with one attached hydrogen (secondary N) is 2. The van der Waals surface area contributed by atoms with Gasteiger partial charge in [-0.3, -0.25) is 9.78 Å². The van der Waals surface area contributed by atoms with Crippen LogP contribution in [-0.4, -0.2) is 26.6 Å². The number of para-hydroxylation sites is 1. The third kappa shape index (κ3) is 5.07. The van der Waals surface area contributed by atoms with Crippen LogP contribution < -0.4 is 10.1 Å². The summed E-state index contributed by atoms with van der Waals surface area (Å²) in [6.07, 6.45) is 3.50. The van der Waals surface area contributed by atoms with Crippen LogP contribution >= 0.6 is 11.8 Å². The zero-order chi connectivity index (χ0) is 20.8. The van der Waals surface area contributed by atoms with Gasteiger partial charge in [-0.25, -0.2) is 4.98 Å². The van der Waals surface area contributed by atoms with Gasteiger partial charge in [0.05, 0.1) is 11.4 Å². The van der Waals surface area contributed by atoms with E-state index in [2.05, 4.69) is 20.3 Å². The lowest BCUT2D eigenvalue weighted by Crippen LogP contribution is -2.14. The summed E-state index contributed by atoms with van der Waals surface area (Å²) in [7, 11) is 0. The number of amides is 1. The summed E-state index contributed by atoms with van der Waals surface area (Å²) in [5, 5.41) is 3.59. The van der Waals surface area contributed by atoms with Crippen LogP contribution in [0.4, 0.5) is 5.69 Å². The molecule has 0 unspecified atom stereocenters. The van der Waals surface area contributed by atoms with Crippen molar-refractivity contribution in [1.29, 1.82) is 0 Å². The van der Waals surface area contributed by atoms with Crippen molar-refractivity contribution in [1.82, 2.24) is 15.0 Å². The molecular weight excluding hydrogens is 396 g/mol. The van der Waals surface area contributed by atoms with Crippen LogP contribution in [0.25, 0.3) is 11.3 Å². The first-order valence-electron chi connectivity index (χ1n) is 9.40. The summed E-state index contributed by atoms with van der Waals surface area (Å²) in [5.41, 5.74) is 3.45. The number of anilines is 1. The van der Waals surface area contributed by atoms with E-state index in [1.807, 2.05) is 73.7 Å². The van der Waals surface area contributed by atoms with Gasteiger partial charge < -0.3 is 15.0 Å². The number of carbonyl (C=O) groups excluding carboxylic acids is 1. The van der Waals surface area contributed by atoms with Crippen molar-refractivity contribution in [3.63, 3.8) is 0 Å². The summed E-state index contributed by atoms with van der Waals surface area (Å²) in [5.74, 6) is 1.63. The van der Waals surface area contributed by atoms with Crippen molar-refractivity contribution in [2.24, 2.45) is 0 Å². The molecule has 7 heteroatoms. The number of H-pyrrole nitrogens is 1. The Hall–Kier alpha value is -3.58. The molecule has 4 rings (SSSR count). The molecule has 150 valence electrons.